The summed E-state index contributed by atoms with van der Waals surface area (Å²) in [6.45, 7) is 7.32. The van der Waals surface area contributed by atoms with Gasteiger partial charge in [0.2, 0.25) is 5.91 Å². The van der Waals surface area contributed by atoms with Gasteiger partial charge < -0.3 is 29.5 Å². The summed E-state index contributed by atoms with van der Waals surface area (Å²) in [5, 5.41) is 9.90. The molecule has 1 amide bonds. The van der Waals surface area contributed by atoms with Crippen molar-refractivity contribution in [1.82, 2.24) is 24.8 Å². The molecule has 12 heteroatoms. The van der Waals surface area contributed by atoms with E-state index in [2.05, 4.69) is 31.2 Å². The normalized spacial score (nSPS) is 17.0. The van der Waals surface area contributed by atoms with Gasteiger partial charge in [-0.2, -0.15) is 5.10 Å². The van der Waals surface area contributed by atoms with Crippen LogP contribution < -0.4 is 19.7 Å². The molecular formula is C36H41FN8O3. The first-order chi connectivity index (χ1) is 23.3. The SMILES string of the molecule is C#CCC.C/C=N\N1C=CC(Oc2ccc(Nc3ncnc4ccc5c(c34)OCC3CN(C(=O)/C=C/CN(C)C)CCN53)cc2F)=CC1. The molecule has 4 heterocycles. The number of anilines is 3. The fourth-order valence-electron chi connectivity index (χ4n) is 5.45. The number of amides is 1. The Labute approximate surface area is 281 Å². The van der Waals surface area contributed by atoms with Crippen LogP contribution in [0.1, 0.15) is 20.3 Å². The van der Waals surface area contributed by atoms with Crippen molar-refractivity contribution >= 4 is 40.2 Å². The Morgan fingerprint density at radius 1 is 1.27 bits per heavy atom. The highest BCUT2D eigenvalue weighted by Crippen LogP contribution is 2.43. The summed E-state index contributed by atoms with van der Waals surface area (Å²) in [6.07, 6.45) is 17.7. The van der Waals surface area contributed by atoms with Crippen molar-refractivity contribution in [3.8, 4) is 23.8 Å². The van der Waals surface area contributed by atoms with Crippen molar-refractivity contribution in [1.29, 1.82) is 0 Å². The van der Waals surface area contributed by atoms with Crippen molar-refractivity contribution in [3.05, 3.63) is 78.7 Å². The number of benzene rings is 2. The van der Waals surface area contributed by atoms with Gasteiger partial charge in [0.05, 0.1) is 29.2 Å². The quantitative estimate of drug-likeness (QED) is 0.201. The van der Waals surface area contributed by atoms with Gasteiger partial charge in [-0.3, -0.25) is 9.80 Å². The van der Waals surface area contributed by atoms with E-state index in [-0.39, 0.29) is 17.7 Å². The van der Waals surface area contributed by atoms with Gasteiger partial charge in [0.1, 0.15) is 24.5 Å². The molecule has 1 aromatic heterocycles. The summed E-state index contributed by atoms with van der Waals surface area (Å²) in [4.78, 5) is 27.9. The van der Waals surface area contributed by atoms with E-state index in [9.17, 15) is 4.79 Å². The number of hydrogen-bond acceptors (Lipinski definition) is 10. The van der Waals surface area contributed by atoms with Crippen molar-refractivity contribution in [3.63, 3.8) is 0 Å². The highest BCUT2D eigenvalue weighted by Gasteiger charge is 2.35. The monoisotopic (exact) mass is 652 g/mol. The number of nitrogens with one attached hydrogen (secondary N) is 1. The molecule has 0 saturated carbocycles. The molecule has 3 aliphatic heterocycles. The second-order valence-corrected chi connectivity index (χ2v) is 11.5. The predicted octanol–water partition coefficient (Wildman–Crippen LogP) is 5.17. The van der Waals surface area contributed by atoms with E-state index in [1.807, 2.05) is 62.0 Å². The van der Waals surface area contributed by atoms with Gasteiger partial charge in [-0.05, 0) is 57.4 Å². The van der Waals surface area contributed by atoms with E-state index in [4.69, 9.17) is 15.9 Å². The summed E-state index contributed by atoms with van der Waals surface area (Å²) in [6, 6.07) is 8.66. The Kier molecular flexibility index (Phi) is 11.3. The lowest BCUT2D eigenvalue weighted by Gasteiger charge is -2.45. The zero-order valence-corrected chi connectivity index (χ0v) is 27.8. The van der Waals surface area contributed by atoms with Crippen molar-refractivity contribution < 1.29 is 18.7 Å². The van der Waals surface area contributed by atoms with E-state index < -0.39 is 5.82 Å². The van der Waals surface area contributed by atoms with Gasteiger partial charge in [-0.1, -0.05) is 13.0 Å². The summed E-state index contributed by atoms with van der Waals surface area (Å²) >= 11 is 0. The number of hydrazone groups is 1. The Hall–Kier alpha value is -5.41. The van der Waals surface area contributed by atoms with Crippen molar-refractivity contribution in [2.24, 2.45) is 5.10 Å². The third kappa shape index (κ3) is 8.11. The molecule has 48 heavy (non-hydrogen) atoms. The third-order valence-electron chi connectivity index (χ3n) is 7.77. The third-order valence-corrected chi connectivity index (χ3v) is 7.77. The number of ether oxygens (including phenoxy) is 2. The maximum atomic E-state index is 15.1. The smallest absolute Gasteiger partial charge is 0.246 e. The number of halogens is 1. The molecule has 11 nitrogen and oxygen atoms in total. The molecule has 3 aliphatic rings. The highest BCUT2D eigenvalue weighted by molar-refractivity contribution is 6.00. The molecule has 1 N–H and O–H groups in total. The number of aromatic nitrogens is 2. The fraction of sp³-hybridized carbons (Fsp3) is 0.333. The first kappa shape index (κ1) is 33.9. The van der Waals surface area contributed by atoms with Gasteiger partial charge in [0, 0.05) is 62.8 Å². The Balaban J connectivity index is 0.00000107. The molecule has 0 bridgehead atoms. The zero-order valence-electron chi connectivity index (χ0n) is 27.8. The second-order valence-electron chi connectivity index (χ2n) is 11.5. The maximum absolute atomic E-state index is 15.1. The summed E-state index contributed by atoms with van der Waals surface area (Å²) in [5.74, 6) is 3.77. The average Bonchev–Trinajstić information content (AvgIpc) is 3.09. The van der Waals surface area contributed by atoms with Gasteiger partial charge >= 0.3 is 0 Å². The second kappa shape index (κ2) is 15.9. The Bertz CT molecular complexity index is 1780. The van der Waals surface area contributed by atoms with Crippen LogP contribution in [0.5, 0.6) is 11.5 Å². The standard InChI is InChI=1S/C32H35FN8O3.C4H6/c1-4-36-40-14-11-24(12-15-40)44-28-10-7-22(18-25(28)33)37-32-30-26(34-21-35-32)8-9-27-31(30)43-20-23-19-39(16-17-41(23)27)29(42)6-5-13-38(2)3;1-3-4-2/h4-12,14,18,21,23H,13,15-17,19-20H2,1-3H3,(H,34,35,37);1H,4H2,2H3/b6-5+,36-4-;. The molecule has 0 radical (unpaired) electrons. The molecule has 3 aromatic rings. The van der Waals surface area contributed by atoms with Crippen LogP contribution >= 0.6 is 0 Å². The minimum absolute atomic E-state index is 0.0135. The minimum atomic E-state index is -0.512. The average molecular weight is 653 g/mol. The van der Waals surface area contributed by atoms with Crippen molar-refractivity contribution in [2.75, 3.05) is 63.6 Å². The first-order valence-electron chi connectivity index (χ1n) is 15.9. The van der Waals surface area contributed by atoms with Gasteiger partial charge in [0.25, 0.3) is 0 Å². The fourth-order valence-corrected chi connectivity index (χ4v) is 5.45. The molecule has 1 atom stereocenters. The minimum Gasteiger partial charge on any atom is -0.488 e. The number of nitrogens with zero attached hydrogens (tertiary/aromatic N) is 7. The molecule has 1 unspecified atom stereocenters. The van der Waals surface area contributed by atoms with Crippen LogP contribution in [0.4, 0.5) is 21.6 Å². The molecule has 1 fully saturated rings. The number of hydrogen-bond donors (Lipinski definition) is 1. The summed E-state index contributed by atoms with van der Waals surface area (Å²) < 4.78 is 27.2. The number of carbonyl (C=O) groups is 1. The maximum Gasteiger partial charge on any atom is 0.246 e. The van der Waals surface area contributed by atoms with Crippen LogP contribution in [0, 0.1) is 18.2 Å². The molecule has 1 saturated heterocycles. The molecule has 0 spiro atoms. The van der Waals surface area contributed by atoms with E-state index in [1.54, 1.807) is 41.7 Å². The molecule has 0 aliphatic carbocycles. The van der Waals surface area contributed by atoms with Crippen LogP contribution in [0.25, 0.3) is 10.9 Å². The lowest BCUT2D eigenvalue weighted by molar-refractivity contribution is -0.127. The predicted molar refractivity (Wildman–Crippen MR) is 188 cm³/mol. The topological polar surface area (TPSA) is 98.7 Å². The van der Waals surface area contributed by atoms with E-state index in [1.165, 1.54) is 12.4 Å². The molecule has 2 aromatic carbocycles. The number of likely N-dealkylation sites (N-methyl/N-ethyl adjacent to an activating group) is 1. The number of piperazine rings is 1. The van der Waals surface area contributed by atoms with Gasteiger partial charge in [-0.25, -0.2) is 14.4 Å². The number of terminal acetylenes is 1. The zero-order chi connectivity index (χ0) is 34.0. The van der Waals surface area contributed by atoms with Crippen LogP contribution in [-0.4, -0.2) is 96.4 Å². The largest absolute Gasteiger partial charge is 0.488 e. The van der Waals surface area contributed by atoms with E-state index in [0.29, 0.717) is 73.2 Å². The van der Waals surface area contributed by atoms with Gasteiger partial charge in [0.15, 0.2) is 17.3 Å². The summed E-state index contributed by atoms with van der Waals surface area (Å²) in [7, 11) is 3.94. The lowest BCUT2D eigenvalue weighted by Crippen LogP contribution is -2.58. The first-order valence-corrected chi connectivity index (χ1v) is 15.9. The Morgan fingerprint density at radius 2 is 2.10 bits per heavy atom. The van der Waals surface area contributed by atoms with Crippen molar-refractivity contribution in [2.45, 2.75) is 26.3 Å². The molecule has 250 valence electrons. The van der Waals surface area contributed by atoms with Gasteiger partial charge in [-0.15, -0.1) is 12.3 Å². The number of rotatable bonds is 8. The van der Waals surface area contributed by atoms with Crippen LogP contribution in [-0.2, 0) is 4.79 Å². The Morgan fingerprint density at radius 3 is 2.81 bits per heavy atom. The highest BCUT2D eigenvalue weighted by atomic mass is 19.1. The van der Waals surface area contributed by atoms with Crippen LogP contribution in [0.15, 0.2) is 78.0 Å². The molecule has 6 rings (SSSR count). The van der Waals surface area contributed by atoms with Crippen LogP contribution in [0.3, 0.4) is 0 Å². The lowest BCUT2D eigenvalue weighted by atomic mass is 10.1. The van der Waals surface area contributed by atoms with Crippen LogP contribution in [0.2, 0.25) is 0 Å². The number of fused-ring (bicyclic) bond motifs is 5. The van der Waals surface area contributed by atoms with E-state index in [0.717, 1.165) is 12.1 Å². The molecular weight excluding hydrogens is 611 g/mol. The summed E-state index contributed by atoms with van der Waals surface area (Å²) in [5.41, 5.74) is 2.14. The van der Waals surface area contributed by atoms with E-state index >= 15 is 4.39 Å². The number of allylic oxidation sites excluding steroid dienone is 1. The number of carbonyl (C=O) groups excluding carboxylic acids is 1.